The first kappa shape index (κ1) is 18.5. The summed E-state index contributed by atoms with van der Waals surface area (Å²) in [5, 5.41) is 17.4. The Hall–Kier alpha value is -3.51. The van der Waals surface area contributed by atoms with E-state index in [1.54, 1.807) is 18.3 Å². The predicted molar refractivity (Wildman–Crippen MR) is 118 cm³/mol. The number of nitro benzene ring substituents is 1. The van der Waals surface area contributed by atoms with Crippen molar-refractivity contribution >= 4 is 11.9 Å². The van der Waals surface area contributed by atoms with Crippen molar-refractivity contribution in [1.82, 2.24) is 9.91 Å². The van der Waals surface area contributed by atoms with Crippen molar-refractivity contribution in [3.05, 3.63) is 99.6 Å². The largest absolute Gasteiger partial charge is 0.294 e. The second-order valence-electron chi connectivity index (χ2n) is 7.66. The minimum atomic E-state index is -0.389. The van der Waals surface area contributed by atoms with Gasteiger partial charge in [0.05, 0.1) is 17.2 Å². The lowest BCUT2D eigenvalue weighted by Crippen LogP contribution is -2.45. The first-order chi connectivity index (χ1) is 14.7. The lowest BCUT2D eigenvalue weighted by molar-refractivity contribution is -0.384. The number of benzene rings is 3. The van der Waals surface area contributed by atoms with Crippen LogP contribution in [0.3, 0.4) is 0 Å². The first-order valence-electron chi connectivity index (χ1n) is 10.2. The summed E-state index contributed by atoms with van der Waals surface area (Å²) in [7, 11) is 0. The van der Waals surface area contributed by atoms with Crippen LogP contribution in [0.4, 0.5) is 5.69 Å². The molecular formula is C24H22N4O2. The molecule has 1 heterocycles. The molecule has 3 aromatic rings. The Labute approximate surface area is 175 Å². The summed E-state index contributed by atoms with van der Waals surface area (Å²) < 4.78 is 0. The van der Waals surface area contributed by atoms with E-state index in [0.29, 0.717) is 6.04 Å². The van der Waals surface area contributed by atoms with Gasteiger partial charge in [-0.1, -0.05) is 48.5 Å². The molecule has 0 amide bonds. The van der Waals surface area contributed by atoms with E-state index in [9.17, 15) is 10.1 Å². The number of nitro groups is 1. The summed E-state index contributed by atoms with van der Waals surface area (Å²) in [5.41, 5.74) is 6.43. The van der Waals surface area contributed by atoms with Crippen LogP contribution in [0.25, 0.3) is 11.1 Å². The topological polar surface area (TPSA) is 62.0 Å². The summed E-state index contributed by atoms with van der Waals surface area (Å²) in [6.45, 7) is 3.57. The zero-order valence-electron chi connectivity index (χ0n) is 16.5. The lowest BCUT2D eigenvalue weighted by Gasteiger charge is -2.37. The number of nitrogens with zero attached hydrogens (tertiary/aromatic N) is 4. The van der Waals surface area contributed by atoms with Gasteiger partial charge in [-0.05, 0) is 39.9 Å². The van der Waals surface area contributed by atoms with E-state index in [-0.39, 0.29) is 10.6 Å². The van der Waals surface area contributed by atoms with Gasteiger partial charge in [0.2, 0.25) is 0 Å². The van der Waals surface area contributed by atoms with Gasteiger partial charge in [0, 0.05) is 38.3 Å². The lowest BCUT2D eigenvalue weighted by atomic mass is 10.0. The number of hydrazone groups is 1. The third kappa shape index (κ3) is 3.35. The molecule has 3 aromatic carbocycles. The molecule has 1 fully saturated rings. The van der Waals surface area contributed by atoms with Crippen molar-refractivity contribution in [2.75, 3.05) is 26.2 Å². The Kier molecular flexibility index (Phi) is 4.77. The summed E-state index contributed by atoms with van der Waals surface area (Å²) >= 11 is 0. The molecule has 1 saturated heterocycles. The molecule has 1 aliphatic carbocycles. The molecule has 6 heteroatoms. The van der Waals surface area contributed by atoms with Crippen molar-refractivity contribution in [3.8, 4) is 11.1 Å². The van der Waals surface area contributed by atoms with Crippen molar-refractivity contribution in [2.45, 2.75) is 6.04 Å². The number of rotatable bonds is 4. The molecule has 6 nitrogen and oxygen atoms in total. The molecule has 0 saturated carbocycles. The highest BCUT2D eigenvalue weighted by molar-refractivity contribution is 5.80. The van der Waals surface area contributed by atoms with Gasteiger partial charge in [0.15, 0.2) is 0 Å². The van der Waals surface area contributed by atoms with Gasteiger partial charge in [0.25, 0.3) is 5.69 Å². The average molecular weight is 398 g/mol. The molecule has 0 aromatic heterocycles. The smallest absolute Gasteiger partial charge is 0.269 e. The fourth-order valence-corrected chi connectivity index (χ4v) is 4.44. The van der Waals surface area contributed by atoms with E-state index in [4.69, 9.17) is 0 Å². The standard InChI is InChI=1S/C24H22N4O2/c29-28(30)19-11-9-18(10-12-19)17-25-27-15-13-26(14-16-27)24-22-7-3-1-5-20(22)21-6-2-4-8-23(21)24/h1-12,17,24H,13-16H2. The Morgan fingerprint density at radius 1 is 0.833 bits per heavy atom. The Morgan fingerprint density at radius 2 is 1.40 bits per heavy atom. The minimum absolute atomic E-state index is 0.0953. The summed E-state index contributed by atoms with van der Waals surface area (Å²) in [4.78, 5) is 12.9. The minimum Gasteiger partial charge on any atom is -0.294 e. The summed E-state index contributed by atoms with van der Waals surface area (Å²) in [6.07, 6.45) is 1.78. The molecule has 0 atom stereocenters. The molecule has 5 rings (SSSR count). The molecule has 30 heavy (non-hydrogen) atoms. The number of non-ortho nitro benzene ring substituents is 1. The van der Waals surface area contributed by atoms with Gasteiger partial charge in [0.1, 0.15) is 0 Å². The van der Waals surface area contributed by atoms with Gasteiger partial charge in [-0.2, -0.15) is 5.10 Å². The normalized spacial score (nSPS) is 16.6. The van der Waals surface area contributed by atoms with Crippen LogP contribution >= 0.6 is 0 Å². The molecule has 2 aliphatic rings. The molecule has 0 bridgehead atoms. The van der Waals surface area contributed by atoms with Gasteiger partial charge in [-0.25, -0.2) is 0 Å². The van der Waals surface area contributed by atoms with Crippen molar-refractivity contribution in [3.63, 3.8) is 0 Å². The zero-order chi connectivity index (χ0) is 20.5. The van der Waals surface area contributed by atoms with E-state index < -0.39 is 0 Å². The highest BCUT2D eigenvalue weighted by atomic mass is 16.6. The van der Waals surface area contributed by atoms with Gasteiger partial charge >= 0.3 is 0 Å². The van der Waals surface area contributed by atoms with Gasteiger partial charge in [-0.15, -0.1) is 0 Å². The van der Waals surface area contributed by atoms with E-state index in [2.05, 4.69) is 63.5 Å². The van der Waals surface area contributed by atoms with Crippen LogP contribution in [0.1, 0.15) is 22.7 Å². The first-order valence-corrected chi connectivity index (χ1v) is 10.2. The van der Waals surface area contributed by atoms with Gasteiger partial charge in [-0.3, -0.25) is 20.0 Å². The fourth-order valence-electron chi connectivity index (χ4n) is 4.44. The monoisotopic (exact) mass is 398 g/mol. The van der Waals surface area contributed by atoms with Crippen molar-refractivity contribution < 1.29 is 4.92 Å². The van der Waals surface area contributed by atoms with E-state index in [0.717, 1.165) is 31.7 Å². The molecule has 1 aliphatic heterocycles. The van der Waals surface area contributed by atoms with Crippen LogP contribution in [0.15, 0.2) is 77.9 Å². The van der Waals surface area contributed by atoms with Crippen LogP contribution in [0.2, 0.25) is 0 Å². The second-order valence-corrected chi connectivity index (χ2v) is 7.66. The summed E-state index contributed by atoms with van der Waals surface area (Å²) in [6, 6.07) is 24.2. The van der Waals surface area contributed by atoms with E-state index >= 15 is 0 Å². The predicted octanol–water partition coefficient (Wildman–Crippen LogP) is 4.32. The fraction of sp³-hybridized carbons (Fsp3) is 0.208. The highest BCUT2D eigenvalue weighted by Crippen LogP contribution is 2.46. The van der Waals surface area contributed by atoms with E-state index in [1.165, 1.54) is 34.4 Å². The van der Waals surface area contributed by atoms with Crippen LogP contribution in [0, 0.1) is 10.1 Å². The Morgan fingerprint density at radius 3 is 1.97 bits per heavy atom. The molecule has 0 unspecified atom stereocenters. The number of hydrogen-bond donors (Lipinski definition) is 0. The molecule has 0 N–H and O–H groups in total. The maximum Gasteiger partial charge on any atom is 0.269 e. The summed E-state index contributed by atoms with van der Waals surface area (Å²) in [5.74, 6) is 0. The number of fused-ring (bicyclic) bond motifs is 3. The van der Waals surface area contributed by atoms with E-state index in [1.807, 2.05) is 0 Å². The molecular weight excluding hydrogens is 376 g/mol. The average Bonchev–Trinajstić information content (AvgIpc) is 3.13. The highest BCUT2D eigenvalue weighted by Gasteiger charge is 2.33. The van der Waals surface area contributed by atoms with Crippen LogP contribution < -0.4 is 0 Å². The molecule has 150 valence electrons. The van der Waals surface area contributed by atoms with Crippen LogP contribution in [0.5, 0.6) is 0 Å². The van der Waals surface area contributed by atoms with Crippen LogP contribution in [-0.2, 0) is 0 Å². The third-order valence-corrected chi connectivity index (χ3v) is 5.93. The number of hydrogen-bond acceptors (Lipinski definition) is 5. The van der Waals surface area contributed by atoms with Gasteiger partial charge < -0.3 is 0 Å². The molecule has 0 radical (unpaired) electrons. The second kappa shape index (κ2) is 7.72. The zero-order valence-corrected chi connectivity index (χ0v) is 16.5. The third-order valence-electron chi connectivity index (χ3n) is 5.93. The molecule has 0 spiro atoms. The SMILES string of the molecule is O=[N+]([O-])c1ccc(C=NN2CCN(C3c4ccccc4-c4ccccc43)CC2)cc1. The maximum atomic E-state index is 10.8. The Bertz CT molecular complexity index is 1060. The quantitative estimate of drug-likeness (QED) is 0.373. The van der Waals surface area contributed by atoms with Crippen LogP contribution in [-0.4, -0.2) is 47.2 Å². The maximum absolute atomic E-state index is 10.8. The van der Waals surface area contributed by atoms with Crippen molar-refractivity contribution in [2.24, 2.45) is 5.10 Å². The Balaban J connectivity index is 1.28. The van der Waals surface area contributed by atoms with Crippen molar-refractivity contribution in [1.29, 1.82) is 0 Å². The number of piperazine rings is 1.